The molecule has 0 aromatic carbocycles. The molecule has 0 radical (unpaired) electrons. The number of carbonyl (C=O) groups excluding carboxylic acids is 1. The van der Waals surface area contributed by atoms with Crippen molar-refractivity contribution in [2.24, 2.45) is 5.73 Å². The van der Waals surface area contributed by atoms with Crippen molar-refractivity contribution >= 4 is 5.91 Å². The van der Waals surface area contributed by atoms with Crippen molar-refractivity contribution in [3.8, 4) is 0 Å². The van der Waals surface area contributed by atoms with Crippen LogP contribution in [0, 0.1) is 0 Å². The first-order valence-corrected chi connectivity index (χ1v) is 3.41. The van der Waals surface area contributed by atoms with Gasteiger partial charge in [-0.1, -0.05) is 6.58 Å². The molecule has 2 N–H and O–H groups in total. The van der Waals surface area contributed by atoms with E-state index in [4.69, 9.17) is 5.73 Å². The minimum absolute atomic E-state index is 0.201. The molecule has 10 heavy (non-hydrogen) atoms. The highest BCUT2D eigenvalue weighted by atomic mass is 16.2. The van der Waals surface area contributed by atoms with Gasteiger partial charge >= 0.3 is 0 Å². The molecule has 0 aliphatic carbocycles. The Kier molecular flexibility index (Phi) is 1.94. The summed E-state index contributed by atoms with van der Waals surface area (Å²) in [4.78, 5) is 12.7. The third-order valence-electron chi connectivity index (χ3n) is 1.57. The van der Waals surface area contributed by atoms with Crippen LogP contribution in [0.3, 0.4) is 0 Å². The monoisotopic (exact) mass is 140 g/mol. The molecule has 1 aliphatic rings. The van der Waals surface area contributed by atoms with Gasteiger partial charge in [0.25, 0.3) is 0 Å². The molecule has 0 atom stereocenters. The Morgan fingerprint density at radius 3 is 2.90 bits per heavy atom. The number of hydrogen-bond donors (Lipinski definition) is 1. The fraction of sp³-hybridized carbons (Fsp3) is 0.571. The summed E-state index contributed by atoms with van der Waals surface area (Å²) in [5, 5.41) is 0. The highest BCUT2D eigenvalue weighted by molar-refractivity contribution is 5.78. The van der Waals surface area contributed by atoms with E-state index < -0.39 is 0 Å². The molecule has 0 bridgehead atoms. The molecule has 1 fully saturated rings. The number of nitrogens with two attached hydrogens (primary N) is 1. The zero-order chi connectivity index (χ0) is 7.56. The predicted octanol–water partition coefficient (Wildman–Crippen LogP) is 0.0812. The van der Waals surface area contributed by atoms with Crippen LogP contribution in [0.1, 0.15) is 12.8 Å². The van der Waals surface area contributed by atoms with Gasteiger partial charge in [0.1, 0.15) is 0 Å². The highest BCUT2D eigenvalue weighted by Gasteiger charge is 2.19. The minimum Gasteiger partial charge on any atom is -0.401 e. The fourth-order valence-corrected chi connectivity index (χ4v) is 1.12. The number of likely N-dealkylation sites (tertiary alicyclic amines) is 1. The first-order chi connectivity index (χ1) is 4.70. The van der Waals surface area contributed by atoms with Crippen molar-refractivity contribution in [1.82, 2.24) is 4.90 Å². The maximum atomic E-state index is 10.9. The van der Waals surface area contributed by atoms with Crippen molar-refractivity contribution in [3.05, 3.63) is 12.3 Å². The third kappa shape index (κ3) is 1.50. The SMILES string of the molecule is C=C(N)CN1CCCC1=O. The van der Waals surface area contributed by atoms with Crippen molar-refractivity contribution in [2.75, 3.05) is 13.1 Å². The van der Waals surface area contributed by atoms with Gasteiger partial charge in [0.15, 0.2) is 0 Å². The van der Waals surface area contributed by atoms with E-state index in [1.807, 2.05) is 0 Å². The first-order valence-electron chi connectivity index (χ1n) is 3.41. The van der Waals surface area contributed by atoms with Crippen LogP contribution in [-0.2, 0) is 4.79 Å². The summed E-state index contributed by atoms with van der Waals surface area (Å²) in [6.07, 6.45) is 1.64. The normalized spacial score (nSPS) is 18.0. The van der Waals surface area contributed by atoms with E-state index >= 15 is 0 Å². The summed E-state index contributed by atoms with van der Waals surface area (Å²) in [6, 6.07) is 0. The van der Waals surface area contributed by atoms with Gasteiger partial charge in [-0.05, 0) is 6.42 Å². The molecule has 0 aromatic rings. The van der Waals surface area contributed by atoms with Crippen LogP contribution >= 0.6 is 0 Å². The van der Waals surface area contributed by atoms with Gasteiger partial charge in [0.2, 0.25) is 5.91 Å². The Labute approximate surface area is 60.5 Å². The van der Waals surface area contributed by atoms with Gasteiger partial charge in [-0.15, -0.1) is 0 Å². The second kappa shape index (κ2) is 2.73. The second-order valence-corrected chi connectivity index (χ2v) is 2.58. The maximum absolute atomic E-state index is 10.9. The molecule has 1 aliphatic heterocycles. The van der Waals surface area contributed by atoms with E-state index in [1.165, 1.54) is 0 Å². The molecule has 0 spiro atoms. The molecule has 3 nitrogen and oxygen atoms in total. The largest absolute Gasteiger partial charge is 0.401 e. The summed E-state index contributed by atoms with van der Waals surface area (Å²) >= 11 is 0. The number of hydrogen-bond acceptors (Lipinski definition) is 2. The quantitative estimate of drug-likeness (QED) is 0.590. The summed E-state index contributed by atoms with van der Waals surface area (Å²) in [7, 11) is 0. The summed E-state index contributed by atoms with van der Waals surface area (Å²) in [5.74, 6) is 0.201. The molecule has 1 amide bonds. The average Bonchev–Trinajstić information content (AvgIpc) is 2.15. The Morgan fingerprint density at radius 2 is 2.50 bits per heavy atom. The number of rotatable bonds is 2. The summed E-state index contributed by atoms with van der Waals surface area (Å²) < 4.78 is 0. The van der Waals surface area contributed by atoms with Crippen molar-refractivity contribution in [1.29, 1.82) is 0 Å². The van der Waals surface area contributed by atoms with Crippen molar-refractivity contribution in [2.45, 2.75) is 12.8 Å². The van der Waals surface area contributed by atoms with Crippen molar-refractivity contribution < 1.29 is 4.79 Å². The molecule has 0 saturated carbocycles. The van der Waals surface area contributed by atoms with Gasteiger partial charge in [-0.3, -0.25) is 4.79 Å². The molecule has 3 heteroatoms. The molecule has 1 saturated heterocycles. The number of carbonyl (C=O) groups is 1. The third-order valence-corrected chi connectivity index (χ3v) is 1.57. The van der Waals surface area contributed by atoms with Gasteiger partial charge in [0.05, 0.1) is 6.54 Å². The van der Waals surface area contributed by atoms with Crippen LogP contribution in [0.5, 0.6) is 0 Å². The lowest BCUT2D eigenvalue weighted by Crippen LogP contribution is -2.28. The van der Waals surface area contributed by atoms with Crippen molar-refractivity contribution in [3.63, 3.8) is 0 Å². The van der Waals surface area contributed by atoms with Gasteiger partial charge in [-0.2, -0.15) is 0 Å². The molecule has 0 unspecified atom stereocenters. The molecule has 1 heterocycles. The van der Waals surface area contributed by atoms with Gasteiger partial charge < -0.3 is 10.6 Å². The highest BCUT2D eigenvalue weighted by Crippen LogP contribution is 2.09. The lowest BCUT2D eigenvalue weighted by Gasteiger charge is -2.13. The van der Waals surface area contributed by atoms with Crippen LogP contribution < -0.4 is 5.73 Å². The van der Waals surface area contributed by atoms with Gasteiger partial charge in [0, 0.05) is 18.7 Å². The lowest BCUT2D eigenvalue weighted by molar-refractivity contribution is -0.127. The van der Waals surface area contributed by atoms with E-state index in [9.17, 15) is 4.79 Å². The van der Waals surface area contributed by atoms with E-state index in [1.54, 1.807) is 4.90 Å². The fourth-order valence-electron chi connectivity index (χ4n) is 1.12. The molecule has 0 aromatic heterocycles. The Bertz CT molecular complexity index is 165. The first kappa shape index (κ1) is 7.12. The van der Waals surface area contributed by atoms with Gasteiger partial charge in [-0.25, -0.2) is 0 Å². The molecule has 1 rings (SSSR count). The van der Waals surface area contributed by atoms with E-state index in [0.29, 0.717) is 18.7 Å². The average molecular weight is 140 g/mol. The topological polar surface area (TPSA) is 46.3 Å². The smallest absolute Gasteiger partial charge is 0.222 e. The Balaban J connectivity index is 2.40. The molecular formula is C7H12N2O. The maximum Gasteiger partial charge on any atom is 0.222 e. The summed E-state index contributed by atoms with van der Waals surface area (Å²) in [5.41, 5.74) is 5.91. The number of amides is 1. The zero-order valence-corrected chi connectivity index (χ0v) is 5.97. The van der Waals surface area contributed by atoms with Crippen LogP contribution in [0.15, 0.2) is 12.3 Å². The van der Waals surface area contributed by atoms with Crippen LogP contribution in [-0.4, -0.2) is 23.9 Å². The summed E-state index contributed by atoms with van der Waals surface area (Å²) in [6.45, 7) is 4.91. The predicted molar refractivity (Wildman–Crippen MR) is 39.1 cm³/mol. The van der Waals surface area contributed by atoms with Crippen LogP contribution in [0.4, 0.5) is 0 Å². The number of nitrogens with zero attached hydrogens (tertiary/aromatic N) is 1. The lowest BCUT2D eigenvalue weighted by atomic mass is 10.4. The Hall–Kier alpha value is -0.990. The second-order valence-electron chi connectivity index (χ2n) is 2.58. The van der Waals surface area contributed by atoms with E-state index in [0.717, 1.165) is 13.0 Å². The standard InChI is InChI=1S/C7H12N2O/c1-6(8)5-9-4-2-3-7(9)10/h1-5,8H2. The van der Waals surface area contributed by atoms with Crippen LogP contribution in [0.25, 0.3) is 0 Å². The molecule has 56 valence electrons. The minimum atomic E-state index is 0.201. The van der Waals surface area contributed by atoms with E-state index in [-0.39, 0.29) is 5.91 Å². The van der Waals surface area contributed by atoms with Crippen LogP contribution in [0.2, 0.25) is 0 Å². The Morgan fingerprint density at radius 1 is 1.80 bits per heavy atom. The van der Waals surface area contributed by atoms with E-state index in [2.05, 4.69) is 6.58 Å². The zero-order valence-electron chi connectivity index (χ0n) is 5.97. The molecular weight excluding hydrogens is 128 g/mol.